The molecule has 0 fully saturated rings. The van der Waals surface area contributed by atoms with Gasteiger partial charge in [0.25, 0.3) is 5.91 Å². The molecule has 0 unspecified atom stereocenters. The number of ether oxygens (including phenoxy) is 1. The molecule has 0 saturated heterocycles. The molecule has 3 aromatic heterocycles. The monoisotopic (exact) mass is 555 g/mol. The second-order valence-corrected chi connectivity index (χ2v) is 7.53. The molecule has 1 amide bonds. The number of carbonyl (C=O) groups is 2. The van der Waals surface area contributed by atoms with E-state index in [0.29, 0.717) is 11.5 Å². The lowest BCUT2D eigenvalue weighted by Crippen LogP contribution is -2.33. The van der Waals surface area contributed by atoms with Crippen LogP contribution in [0, 0.1) is 12.7 Å². The van der Waals surface area contributed by atoms with Crippen LogP contribution in [-0.2, 0) is 12.7 Å². The van der Waals surface area contributed by atoms with Gasteiger partial charge in [-0.2, -0.15) is 41.1 Å². The Balaban J connectivity index is 2.18. The Bertz CT molecular complexity index is 1460. The van der Waals surface area contributed by atoms with Gasteiger partial charge in [0.2, 0.25) is 11.7 Å². The average Bonchev–Trinajstić information content (AvgIpc) is 3.33. The Labute approximate surface area is 206 Å². The van der Waals surface area contributed by atoms with Gasteiger partial charge in [0.05, 0.1) is 11.4 Å². The van der Waals surface area contributed by atoms with Crippen molar-refractivity contribution in [1.29, 1.82) is 0 Å². The largest absolute Gasteiger partial charge is 0.475 e. The van der Waals surface area contributed by atoms with Gasteiger partial charge >= 0.3 is 24.0 Å². The van der Waals surface area contributed by atoms with Crippen molar-refractivity contribution in [1.82, 2.24) is 29.5 Å². The number of carboxylic acids is 1. The number of nitrogens with zero attached hydrogens (tertiary/aromatic N) is 5. The van der Waals surface area contributed by atoms with Crippen LogP contribution >= 0.6 is 0 Å². The predicted molar refractivity (Wildman–Crippen MR) is 111 cm³/mol. The molecule has 0 saturated carbocycles. The highest BCUT2D eigenvalue weighted by Crippen LogP contribution is 2.35. The molecule has 12 nitrogen and oxygen atoms in total. The summed E-state index contributed by atoms with van der Waals surface area (Å²) in [6, 6.07) is 0.247. The maximum absolute atomic E-state index is 15.0. The van der Waals surface area contributed by atoms with Gasteiger partial charge in [-0.25, -0.2) is 14.0 Å². The van der Waals surface area contributed by atoms with Gasteiger partial charge in [0, 0.05) is 6.54 Å². The number of aromatic amines is 1. The third-order valence-electron chi connectivity index (χ3n) is 4.96. The van der Waals surface area contributed by atoms with Crippen molar-refractivity contribution in [3.63, 3.8) is 0 Å². The molecular formula is C19H16F7N7O5. The number of carbonyl (C=O) groups excluding carboxylic acids is 1. The Morgan fingerprint density at radius 3 is 2.37 bits per heavy atom. The molecule has 3 heterocycles. The number of hydrogen-bond donors (Lipinski definition) is 3. The van der Waals surface area contributed by atoms with Crippen LogP contribution in [0.5, 0.6) is 5.88 Å². The van der Waals surface area contributed by atoms with E-state index in [4.69, 9.17) is 0 Å². The fraction of sp³-hybridized carbons (Fsp3) is 0.368. The van der Waals surface area contributed by atoms with E-state index in [2.05, 4.69) is 19.9 Å². The number of alkyl halides is 6. The van der Waals surface area contributed by atoms with Crippen LogP contribution in [0.3, 0.4) is 0 Å². The summed E-state index contributed by atoms with van der Waals surface area (Å²) < 4.78 is 99.6. The minimum Gasteiger partial charge on any atom is -0.475 e. The lowest BCUT2D eigenvalue weighted by molar-refractivity contribution is -0.190. The highest BCUT2D eigenvalue weighted by molar-refractivity contribution is 6.06. The normalized spacial score (nSPS) is 12.9. The molecule has 0 aliphatic rings. The molecule has 0 aliphatic heterocycles. The fourth-order valence-electron chi connectivity index (χ4n) is 3.05. The molecule has 0 spiro atoms. The number of halogens is 7. The van der Waals surface area contributed by atoms with Gasteiger partial charge in [0.1, 0.15) is 5.56 Å². The first-order chi connectivity index (χ1) is 17.5. The summed E-state index contributed by atoms with van der Waals surface area (Å²) in [5, 5.41) is 19.4. The lowest BCUT2D eigenvalue weighted by atomic mass is 10.2. The van der Waals surface area contributed by atoms with Crippen LogP contribution in [0.1, 0.15) is 46.2 Å². The van der Waals surface area contributed by atoms with E-state index >= 15 is 4.39 Å². The Hall–Kier alpha value is -4.45. The van der Waals surface area contributed by atoms with Crippen LogP contribution in [0.25, 0.3) is 5.82 Å². The van der Waals surface area contributed by atoms with Crippen molar-refractivity contribution in [2.75, 3.05) is 5.32 Å². The van der Waals surface area contributed by atoms with Crippen molar-refractivity contribution >= 4 is 17.6 Å². The maximum Gasteiger partial charge on any atom is 0.434 e. The minimum atomic E-state index is -5.04. The number of carboxylic acid groups (broad SMARTS) is 1. The average molecular weight is 555 g/mol. The van der Waals surface area contributed by atoms with E-state index in [0.717, 1.165) is 6.92 Å². The molecule has 19 heteroatoms. The summed E-state index contributed by atoms with van der Waals surface area (Å²) in [6.07, 6.45) is -12.7. The van der Waals surface area contributed by atoms with Crippen LogP contribution in [-0.4, -0.2) is 58.8 Å². The molecule has 0 aromatic carbocycles. The van der Waals surface area contributed by atoms with E-state index in [9.17, 15) is 45.8 Å². The number of aryl methyl sites for hydroxylation is 1. The first-order valence-corrected chi connectivity index (χ1v) is 10.3. The SMILES string of the molecule is CCn1c(C(=O)O)nn(-c2nc(O[C@@H](C)C(F)(F)F)c(C(=O)Nc3c(C)n[nH]c3C(F)(F)F)cc2F)c1=O. The zero-order valence-corrected chi connectivity index (χ0v) is 19.3. The molecule has 0 bridgehead atoms. The molecule has 3 aromatic rings. The van der Waals surface area contributed by atoms with Crippen LogP contribution in [0.15, 0.2) is 10.9 Å². The summed E-state index contributed by atoms with van der Waals surface area (Å²) >= 11 is 0. The van der Waals surface area contributed by atoms with Gasteiger partial charge in [-0.15, -0.1) is 5.10 Å². The van der Waals surface area contributed by atoms with Crippen molar-refractivity contribution in [2.24, 2.45) is 0 Å². The number of pyridine rings is 1. The molecule has 206 valence electrons. The second-order valence-electron chi connectivity index (χ2n) is 7.53. The van der Waals surface area contributed by atoms with E-state index in [1.807, 2.05) is 0 Å². The lowest BCUT2D eigenvalue weighted by Gasteiger charge is -2.19. The molecule has 38 heavy (non-hydrogen) atoms. The molecule has 3 rings (SSSR count). The van der Waals surface area contributed by atoms with E-state index in [-0.39, 0.29) is 23.0 Å². The first kappa shape index (κ1) is 28.1. The van der Waals surface area contributed by atoms with E-state index < -0.39 is 76.3 Å². The highest BCUT2D eigenvalue weighted by atomic mass is 19.4. The summed E-state index contributed by atoms with van der Waals surface area (Å²) in [5.74, 6) is -8.07. The van der Waals surface area contributed by atoms with Crippen molar-refractivity contribution in [2.45, 2.75) is 45.8 Å². The fourth-order valence-corrected chi connectivity index (χ4v) is 3.05. The van der Waals surface area contributed by atoms with Crippen LogP contribution in [0.4, 0.5) is 36.4 Å². The molecule has 0 radical (unpaired) electrons. The van der Waals surface area contributed by atoms with Gasteiger partial charge in [-0.1, -0.05) is 0 Å². The third-order valence-corrected chi connectivity index (χ3v) is 4.96. The van der Waals surface area contributed by atoms with Gasteiger partial charge in [-0.3, -0.25) is 14.5 Å². The zero-order chi connectivity index (χ0) is 28.7. The number of H-pyrrole nitrogens is 1. The summed E-state index contributed by atoms with van der Waals surface area (Å²) in [7, 11) is 0. The maximum atomic E-state index is 15.0. The standard InChI is InChI=1S/C19H16F7N7O5/c1-4-32-13(16(35)36)31-33(17(32)37)12-9(20)5-8(15(28-12)38-7(3)18(21,22)23)14(34)27-10-6(2)29-30-11(10)19(24,25)26/h5,7H,4H2,1-3H3,(H,27,34)(H,29,30)(H,35,36)/t7-/m0/s1. The first-order valence-electron chi connectivity index (χ1n) is 10.3. The number of rotatable bonds is 7. The quantitative estimate of drug-likeness (QED) is 0.376. The topological polar surface area (TPSA) is 157 Å². The van der Waals surface area contributed by atoms with Crippen LogP contribution in [0.2, 0.25) is 0 Å². The Morgan fingerprint density at radius 2 is 1.87 bits per heavy atom. The molecule has 1 atom stereocenters. The molecule has 0 aliphatic carbocycles. The smallest absolute Gasteiger partial charge is 0.434 e. The number of anilines is 1. The number of aromatic nitrogens is 6. The van der Waals surface area contributed by atoms with Gasteiger partial charge in [-0.05, 0) is 26.8 Å². The van der Waals surface area contributed by atoms with Gasteiger partial charge < -0.3 is 15.2 Å². The number of nitrogens with one attached hydrogen (secondary N) is 2. The third kappa shape index (κ3) is 5.30. The Kier molecular flexibility index (Phi) is 7.24. The van der Waals surface area contributed by atoms with Crippen molar-refractivity contribution in [3.05, 3.63) is 45.1 Å². The number of amides is 1. The Morgan fingerprint density at radius 1 is 1.24 bits per heavy atom. The zero-order valence-electron chi connectivity index (χ0n) is 19.3. The summed E-state index contributed by atoms with van der Waals surface area (Å²) in [4.78, 5) is 40.2. The minimum absolute atomic E-state index is 0.122. The second kappa shape index (κ2) is 9.78. The summed E-state index contributed by atoms with van der Waals surface area (Å²) in [6.45, 7) is 2.67. The molecular weight excluding hydrogens is 539 g/mol. The predicted octanol–water partition coefficient (Wildman–Crippen LogP) is 2.92. The van der Waals surface area contributed by atoms with E-state index in [1.165, 1.54) is 6.92 Å². The number of aromatic carboxylic acids is 1. The summed E-state index contributed by atoms with van der Waals surface area (Å²) in [5.41, 5.74) is -5.09. The number of hydrogen-bond acceptors (Lipinski definition) is 7. The van der Waals surface area contributed by atoms with Crippen molar-refractivity contribution < 1.29 is 50.2 Å². The van der Waals surface area contributed by atoms with Gasteiger partial charge in [0.15, 0.2) is 23.4 Å². The van der Waals surface area contributed by atoms with Crippen molar-refractivity contribution in [3.8, 4) is 11.7 Å². The molecule has 3 N–H and O–H groups in total. The van der Waals surface area contributed by atoms with Crippen LogP contribution < -0.4 is 15.7 Å². The highest BCUT2D eigenvalue weighted by Gasteiger charge is 2.40. The van der Waals surface area contributed by atoms with E-state index in [1.54, 1.807) is 10.4 Å².